The molecule has 0 aliphatic carbocycles. The molecule has 24 heavy (non-hydrogen) atoms. The lowest BCUT2D eigenvalue weighted by molar-refractivity contribution is 0.860. The maximum Gasteiger partial charge on any atom is 0.0227 e. The van der Waals surface area contributed by atoms with Crippen LogP contribution in [0.2, 0.25) is 0 Å². The molecular weight excluding hydrogens is 292 g/mol. The Morgan fingerprint density at radius 1 is 1.33 bits per heavy atom. The topological polar surface area (TPSA) is 49.9 Å². The molecule has 0 saturated heterocycles. The average molecular weight is 322 g/mol. The van der Waals surface area contributed by atoms with Crippen LogP contribution in [-0.2, 0) is 0 Å². The third-order valence-electron chi connectivity index (χ3n) is 4.19. The van der Waals surface area contributed by atoms with Gasteiger partial charge in [0.25, 0.3) is 0 Å². The zero-order chi connectivity index (χ0) is 18.3. The van der Waals surface area contributed by atoms with E-state index in [0.29, 0.717) is 12.3 Å². The van der Waals surface area contributed by atoms with Gasteiger partial charge in [-0.15, -0.1) is 0 Å². The summed E-state index contributed by atoms with van der Waals surface area (Å²) < 4.78 is 0. The van der Waals surface area contributed by atoms with Crippen molar-refractivity contribution in [1.82, 2.24) is 0 Å². The summed E-state index contributed by atoms with van der Waals surface area (Å²) in [5, 5.41) is 7.54. The molecule has 0 aliphatic heterocycles. The van der Waals surface area contributed by atoms with E-state index >= 15 is 0 Å². The van der Waals surface area contributed by atoms with Gasteiger partial charge in [0.15, 0.2) is 0 Å². The molecule has 0 aliphatic rings. The molecule has 0 spiro atoms. The van der Waals surface area contributed by atoms with E-state index in [4.69, 9.17) is 11.1 Å². The molecule has 0 amide bonds. The van der Waals surface area contributed by atoms with Crippen LogP contribution in [0.15, 0.2) is 59.8 Å². The molecule has 0 fully saturated rings. The molecule has 128 valence electrons. The molecule has 1 aromatic carbocycles. The Kier molecular flexibility index (Phi) is 7.44. The lowest BCUT2D eigenvalue weighted by atomic mass is 9.85. The molecule has 1 rings (SSSR count). The number of aryl methyl sites for hydroxylation is 1. The maximum absolute atomic E-state index is 7.54. The zero-order valence-electron chi connectivity index (χ0n) is 15.6. The number of hydrogen-bond acceptors (Lipinski definition) is 2. The van der Waals surface area contributed by atoms with Crippen LogP contribution in [0.5, 0.6) is 0 Å². The Morgan fingerprint density at radius 3 is 2.50 bits per heavy atom. The van der Waals surface area contributed by atoms with Gasteiger partial charge in [0.05, 0.1) is 0 Å². The minimum Gasteiger partial charge on any atom is -0.404 e. The quantitative estimate of drug-likeness (QED) is 0.476. The molecule has 0 aromatic heterocycles. The molecule has 2 heteroatoms. The first-order valence-electron chi connectivity index (χ1n) is 8.39. The minimum atomic E-state index is 0.423. The third-order valence-corrected chi connectivity index (χ3v) is 4.19. The van der Waals surface area contributed by atoms with Crippen molar-refractivity contribution in [2.45, 2.75) is 47.0 Å². The second kappa shape index (κ2) is 9.07. The number of benzene rings is 1. The molecule has 2 nitrogen and oxygen atoms in total. The van der Waals surface area contributed by atoms with Crippen molar-refractivity contribution in [2.24, 2.45) is 5.73 Å². The van der Waals surface area contributed by atoms with E-state index < -0.39 is 0 Å². The highest BCUT2D eigenvalue weighted by atomic mass is 14.5. The van der Waals surface area contributed by atoms with Gasteiger partial charge in [-0.05, 0) is 66.3 Å². The largest absolute Gasteiger partial charge is 0.404 e. The van der Waals surface area contributed by atoms with Gasteiger partial charge in [-0.25, -0.2) is 0 Å². The minimum absolute atomic E-state index is 0.423. The monoisotopic (exact) mass is 322 g/mol. The first-order chi connectivity index (χ1) is 11.3. The molecular formula is C22H30N2. The smallest absolute Gasteiger partial charge is 0.0227 e. The molecule has 0 atom stereocenters. The number of nitrogens with one attached hydrogen (secondary N) is 1. The van der Waals surface area contributed by atoms with Crippen LogP contribution in [0, 0.1) is 12.3 Å². The summed E-state index contributed by atoms with van der Waals surface area (Å²) >= 11 is 0. The highest BCUT2D eigenvalue weighted by Gasteiger charge is 2.15. The number of hydrogen-bond donors (Lipinski definition) is 2. The fourth-order valence-corrected chi connectivity index (χ4v) is 2.79. The first kappa shape index (κ1) is 19.7. The normalized spacial score (nSPS) is 13.3. The summed E-state index contributed by atoms with van der Waals surface area (Å²) in [4.78, 5) is 0. The fourth-order valence-electron chi connectivity index (χ4n) is 2.79. The standard InChI is InChI=1S/C22H30N2/c1-7-8-17(5)22(12-19(13-23)14-24)18(6)20-10-9-16(4)11-21(20)15(2)3/h7-11,13-15,23H,6,12,24H2,1-5H3/b8-7-,19-14-,22-17-,23-13?. The average Bonchev–Trinajstić information content (AvgIpc) is 2.55. The van der Waals surface area contributed by atoms with Crippen molar-refractivity contribution in [3.8, 4) is 0 Å². The van der Waals surface area contributed by atoms with Crippen LogP contribution in [0.3, 0.4) is 0 Å². The third kappa shape index (κ3) is 4.82. The Morgan fingerprint density at radius 2 is 2.00 bits per heavy atom. The van der Waals surface area contributed by atoms with Gasteiger partial charge < -0.3 is 11.1 Å². The van der Waals surface area contributed by atoms with Crippen LogP contribution in [-0.4, -0.2) is 6.21 Å². The molecule has 0 unspecified atom stereocenters. The van der Waals surface area contributed by atoms with E-state index in [9.17, 15) is 0 Å². The van der Waals surface area contributed by atoms with Gasteiger partial charge in [-0.1, -0.05) is 56.3 Å². The van der Waals surface area contributed by atoms with Crippen molar-refractivity contribution in [2.75, 3.05) is 0 Å². The molecule has 0 bridgehead atoms. The lowest BCUT2D eigenvalue weighted by Crippen LogP contribution is -2.02. The maximum atomic E-state index is 7.54. The fraction of sp³-hybridized carbons (Fsp3) is 0.318. The van der Waals surface area contributed by atoms with Gasteiger partial charge in [0.2, 0.25) is 0 Å². The van der Waals surface area contributed by atoms with Gasteiger partial charge >= 0.3 is 0 Å². The van der Waals surface area contributed by atoms with Crippen molar-refractivity contribution in [1.29, 1.82) is 5.41 Å². The Balaban J connectivity index is 3.48. The summed E-state index contributed by atoms with van der Waals surface area (Å²) in [6, 6.07) is 6.53. The summed E-state index contributed by atoms with van der Waals surface area (Å²) in [7, 11) is 0. The van der Waals surface area contributed by atoms with E-state index in [1.54, 1.807) is 0 Å². The van der Waals surface area contributed by atoms with Gasteiger partial charge in [0.1, 0.15) is 0 Å². The summed E-state index contributed by atoms with van der Waals surface area (Å²) in [5.41, 5.74) is 13.5. The van der Waals surface area contributed by atoms with Crippen LogP contribution >= 0.6 is 0 Å². The van der Waals surface area contributed by atoms with Crippen LogP contribution < -0.4 is 5.73 Å². The molecule has 0 heterocycles. The zero-order valence-corrected chi connectivity index (χ0v) is 15.6. The Labute approximate surface area is 147 Å². The molecule has 3 N–H and O–H groups in total. The SMILES string of the molecule is C=C(/C(C/C(C=N)=C/N)=C(C)\C=C/C)c1ccc(C)cc1C(C)C. The van der Waals surface area contributed by atoms with Gasteiger partial charge in [-0.3, -0.25) is 0 Å². The predicted molar refractivity (Wildman–Crippen MR) is 107 cm³/mol. The first-order valence-corrected chi connectivity index (χ1v) is 8.39. The van der Waals surface area contributed by atoms with E-state index in [1.165, 1.54) is 29.1 Å². The van der Waals surface area contributed by atoms with E-state index in [2.05, 4.69) is 58.5 Å². The van der Waals surface area contributed by atoms with Crippen molar-refractivity contribution < 1.29 is 0 Å². The number of nitrogens with two attached hydrogens (primary N) is 1. The highest BCUT2D eigenvalue weighted by Crippen LogP contribution is 2.34. The van der Waals surface area contributed by atoms with Crippen molar-refractivity contribution in [3.05, 3.63) is 76.5 Å². The Bertz CT molecular complexity index is 701. The second-order valence-corrected chi connectivity index (χ2v) is 6.45. The molecule has 1 aromatic rings. The van der Waals surface area contributed by atoms with E-state index in [0.717, 1.165) is 22.3 Å². The predicted octanol–water partition coefficient (Wildman–Crippen LogP) is 5.91. The Hall–Kier alpha value is -2.35. The van der Waals surface area contributed by atoms with Crippen LogP contribution in [0.1, 0.15) is 56.7 Å². The van der Waals surface area contributed by atoms with Gasteiger partial charge in [-0.2, -0.15) is 0 Å². The van der Waals surface area contributed by atoms with Crippen molar-refractivity contribution in [3.63, 3.8) is 0 Å². The summed E-state index contributed by atoms with van der Waals surface area (Å²) in [6.45, 7) is 15.0. The van der Waals surface area contributed by atoms with Crippen LogP contribution in [0.4, 0.5) is 0 Å². The van der Waals surface area contributed by atoms with Crippen LogP contribution in [0.25, 0.3) is 5.57 Å². The van der Waals surface area contributed by atoms with E-state index in [1.807, 2.05) is 13.0 Å². The number of rotatable bonds is 7. The summed E-state index contributed by atoms with van der Waals surface area (Å²) in [5.74, 6) is 0.423. The highest BCUT2D eigenvalue weighted by molar-refractivity contribution is 5.85. The lowest BCUT2D eigenvalue weighted by Gasteiger charge is -2.20. The van der Waals surface area contributed by atoms with E-state index in [-0.39, 0.29) is 0 Å². The molecule has 0 radical (unpaired) electrons. The van der Waals surface area contributed by atoms with Gasteiger partial charge in [0, 0.05) is 12.6 Å². The second-order valence-electron chi connectivity index (χ2n) is 6.45. The molecule has 0 saturated carbocycles. The number of allylic oxidation sites excluding steroid dienone is 6. The van der Waals surface area contributed by atoms with Crippen molar-refractivity contribution >= 4 is 11.8 Å². The summed E-state index contributed by atoms with van der Waals surface area (Å²) in [6.07, 6.45) is 7.54.